The predicted molar refractivity (Wildman–Crippen MR) is 91.9 cm³/mol. The minimum atomic E-state index is 0.0117. The van der Waals surface area contributed by atoms with Crippen LogP contribution in [0.4, 0.5) is 0 Å². The van der Waals surface area contributed by atoms with E-state index in [4.69, 9.17) is 11.6 Å². The Bertz CT molecular complexity index is 702. The zero-order valence-electron chi connectivity index (χ0n) is 13.6. The van der Waals surface area contributed by atoms with E-state index in [9.17, 15) is 4.79 Å². The second-order valence-corrected chi connectivity index (χ2v) is 6.72. The Hall–Kier alpha value is -1.81. The molecule has 4 nitrogen and oxygen atoms in total. The summed E-state index contributed by atoms with van der Waals surface area (Å²) in [5, 5.41) is 8.17. The first-order chi connectivity index (χ1) is 11.0. The molecule has 1 aliphatic carbocycles. The van der Waals surface area contributed by atoms with Gasteiger partial charge in [0.05, 0.1) is 23.0 Å². The molecule has 0 radical (unpaired) electrons. The number of aryl methyl sites for hydroxylation is 1. The molecule has 1 aromatic carbocycles. The summed E-state index contributed by atoms with van der Waals surface area (Å²) in [6.07, 6.45) is 3.78. The summed E-state index contributed by atoms with van der Waals surface area (Å²) in [4.78, 5) is 12.1. The van der Waals surface area contributed by atoms with Crippen LogP contribution in [-0.2, 0) is 6.54 Å². The Morgan fingerprint density at radius 2 is 2.00 bits per heavy atom. The number of carbonyl (C=O) groups excluding carboxylic acids is 1. The number of hydrogen-bond acceptors (Lipinski definition) is 2. The monoisotopic (exact) mass is 331 g/mol. The molecule has 1 saturated carbocycles. The minimum Gasteiger partial charge on any atom is -0.352 e. The van der Waals surface area contributed by atoms with Gasteiger partial charge in [0, 0.05) is 12.1 Å². The van der Waals surface area contributed by atoms with E-state index in [0.29, 0.717) is 18.0 Å². The van der Waals surface area contributed by atoms with Crippen molar-refractivity contribution in [1.82, 2.24) is 15.1 Å². The zero-order valence-corrected chi connectivity index (χ0v) is 14.4. The summed E-state index contributed by atoms with van der Waals surface area (Å²) in [6.45, 7) is 5.32. The number of halogens is 1. The lowest BCUT2D eigenvalue weighted by Gasteiger charge is -2.25. The van der Waals surface area contributed by atoms with Crippen LogP contribution < -0.4 is 5.32 Å². The van der Waals surface area contributed by atoms with Crippen molar-refractivity contribution in [1.29, 1.82) is 0 Å². The maximum absolute atomic E-state index is 12.1. The van der Waals surface area contributed by atoms with Crippen molar-refractivity contribution < 1.29 is 4.79 Å². The number of aromatic nitrogens is 2. The maximum atomic E-state index is 12.1. The number of hydrogen-bond donors (Lipinski definition) is 1. The number of amides is 1. The van der Waals surface area contributed by atoms with Gasteiger partial charge in [0.15, 0.2) is 0 Å². The van der Waals surface area contributed by atoms with Crippen molar-refractivity contribution in [3.05, 3.63) is 51.8 Å². The van der Waals surface area contributed by atoms with Crippen LogP contribution in [-0.4, -0.2) is 22.2 Å². The number of nitrogens with one attached hydrogen (secondary N) is 1. The van der Waals surface area contributed by atoms with Crippen molar-refractivity contribution >= 4 is 17.5 Å². The third-order valence-electron chi connectivity index (χ3n) is 4.62. The molecule has 2 aromatic rings. The molecule has 0 unspecified atom stereocenters. The Morgan fingerprint density at radius 1 is 1.30 bits per heavy atom. The molecule has 1 N–H and O–H groups in total. The van der Waals surface area contributed by atoms with Crippen molar-refractivity contribution in [3.8, 4) is 0 Å². The molecule has 0 bridgehead atoms. The van der Waals surface area contributed by atoms with Crippen molar-refractivity contribution in [2.75, 3.05) is 6.54 Å². The summed E-state index contributed by atoms with van der Waals surface area (Å²) in [6, 6.07) is 7.70. The van der Waals surface area contributed by atoms with Crippen LogP contribution in [0.25, 0.3) is 0 Å². The van der Waals surface area contributed by atoms with Gasteiger partial charge in [0.25, 0.3) is 5.91 Å². The third kappa shape index (κ3) is 3.58. The molecule has 1 amide bonds. The molecule has 0 saturated heterocycles. The summed E-state index contributed by atoms with van der Waals surface area (Å²) < 4.78 is 1.89. The molecule has 5 heteroatoms. The second kappa shape index (κ2) is 6.75. The van der Waals surface area contributed by atoms with Gasteiger partial charge in [-0.05, 0) is 50.3 Å². The molecule has 1 aromatic heterocycles. The standard InChI is InChI=1S/C18H22ClN3O/c1-12-17(19)13(2)22(21-12)11-15-6-8-16(9-7-15)18(23)20-10-14-4-3-5-14/h6-9,14H,3-5,10-11H2,1-2H3,(H,20,23). The van der Waals surface area contributed by atoms with Gasteiger partial charge in [-0.15, -0.1) is 0 Å². The average molecular weight is 332 g/mol. The highest BCUT2D eigenvalue weighted by atomic mass is 35.5. The number of nitrogens with zero attached hydrogens (tertiary/aromatic N) is 2. The van der Waals surface area contributed by atoms with Gasteiger partial charge < -0.3 is 5.32 Å². The molecular formula is C18H22ClN3O. The molecule has 0 atom stereocenters. The third-order valence-corrected chi connectivity index (χ3v) is 5.16. The first-order valence-electron chi connectivity index (χ1n) is 8.11. The van der Waals surface area contributed by atoms with Crippen molar-refractivity contribution in [3.63, 3.8) is 0 Å². The van der Waals surface area contributed by atoms with Crippen LogP contribution in [0, 0.1) is 19.8 Å². The number of carbonyl (C=O) groups is 1. The Balaban J connectivity index is 1.62. The van der Waals surface area contributed by atoms with Gasteiger partial charge in [0.2, 0.25) is 0 Å². The summed E-state index contributed by atoms with van der Waals surface area (Å²) in [5.74, 6) is 0.687. The van der Waals surface area contributed by atoms with Crippen LogP contribution in [0.3, 0.4) is 0 Å². The van der Waals surface area contributed by atoms with E-state index in [2.05, 4.69) is 10.4 Å². The smallest absolute Gasteiger partial charge is 0.251 e. The molecule has 1 fully saturated rings. The van der Waals surface area contributed by atoms with E-state index in [1.807, 2.05) is 42.8 Å². The van der Waals surface area contributed by atoms with E-state index < -0.39 is 0 Å². The molecule has 1 heterocycles. The largest absolute Gasteiger partial charge is 0.352 e. The van der Waals surface area contributed by atoms with Gasteiger partial charge in [-0.25, -0.2) is 0 Å². The minimum absolute atomic E-state index is 0.0117. The molecule has 0 spiro atoms. The van der Waals surface area contributed by atoms with Crippen molar-refractivity contribution in [2.45, 2.75) is 39.7 Å². The highest BCUT2D eigenvalue weighted by Gasteiger charge is 2.18. The quantitative estimate of drug-likeness (QED) is 0.907. The Kier molecular flexibility index (Phi) is 4.71. The predicted octanol–water partition coefficient (Wildman–Crippen LogP) is 3.73. The van der Waals surface area contributed by atoms with Gasteiger partial charge in [0.1, 0.15) is 0 Å². The normalized spacial score (nSPS) is 14.6. The van der Waals surface area contributed by atoms with E-state index in [1.165, 1.54) is 19.3 Å². The summed E-state index contributed by atoms with van der Waals surface area (Å²) >= 11 is 6.17. The summed E-state index contributed by atoms with van der Waals surface area (Å²) in [7, 11) is 0. The molecular weight excluding hydrogens is 310 g/mol. The lowest BCUT2D eigenvalue weighted by Crippen LogP contribution is -2.32. The molecule has 23 heavy (non-hydrogen) atoms. The fourth-order valence-corrected chi connectivity index (χ4v) is 2.93. The lowest BCUT2D eigenvalue weighted by molar-refractivity contribution is 0.0939. The highest BCUT2D eigenvalue weighted by molar-refractivity contribution is 6.31. The van der Waals surface area contributed by atoms with Gasteiger partial charge in [-0.3, -0.25) is 9.48 Å². The topological polar surface area (TPSA) is 46.9 Å². The number of rotatable bonds is 5. The van der Waals surface area contributed by atoms with Crippen molar-refractivity contribution in [2.24, 2.45) is 5.92 Å². The van der Waals surface area contributed by atoms with Gasteiger partial charge in [-0.1, -0.05) is 30.2 Å². The Morgan fingerprint density at radius 3 is 2.52 bits per heavy atom. The molecule has 3 rings (SSSR count). The zero-order chi connectivity index (χ0) is 16.4. The van der Waals surface area contributed by atoms with Crippen LogP contribution in [0.2, 0.25) is 5.02 Å². The van der Waals surface area contributed by atoms with Gasteiger partial charge in [-0.2, -0.15) is 5.10 Å². The van der Waals surface area contributed by atoms with Gasteiger partial charge >= 0.3 is 0 Å². The molecule has 122 valence electrons. The SMILES string of the molecule is Cc1nn(Cc2ccc(C(=O)NCC3CCC3)cc2)c(C)c1Cl. The fraction of sp³-hybridized carbons (Fsp3) is 0.444. The maximum Gasteiger partial charge on any atom is 0.251 e. The molecule has 1 aliphatic rings. The van der Waals surface area contributed by atoms with E-state index in [1.54, 1.807) is 0 Å². The van der Waals surface area contributed by atoms with Crippen LogP contribution in [0.5, 0.6) is 0 Å². The summed E-state index contributed by atoms with van der Waals surface area (Å²) in [5.41, 5.74) is 3.62. The fourth-order valence-electron chi connectivity index (χ4n) is 2.80. The lowest BCUT2D eigenvalue weighted by atomic mass is 9.85. The highest BCUT2D eigenvalue weighted by Crippen LogP contribution is 2.25. The number of benzene rings is 1. The van der Waals surface area contributed by atoms with Crippen LogP contribution in [0.1, 0.15) is 46.6 Å². The van der Waals surface area contributed by atoms with E-state index >= 15 is 0 Å². The molecule has 0 aliphatic heterocycles. The first kappa shape index (κ1) is 16.1. The second-order valence-electron chi connectivity index (χ2n) is 6.35. The average Bonchev–Trinajstić information content (AvgIpc) is 2.73. The van der Waals surface area contributed by atoms with E-state index in [-0.39, 0.29) is 5.91 Å². The van der Waals surface area contributed by atoms with Crippen LogP contribution >= 0.6 is 11.6 Å². The Labute approximate surface area is 141 Å². The van der Waals surface area contributed by atoms with E-state index in [0.717, 1.165) is 28.5 Å². The first-order valence-corrected chi connectivity index (χ1v) is 8.49. The van der Waals surface area contributed by atoms with Crippen LogP contribution in [0.15, 0.2) is 24.3 Å².